The molecule has 0 radical (unpaired) electrons. The van der Waals surface area contributed by atoms with Crippen LogP contribution in [0.2, 0.25) is 0 Å². The highest BCUT2D eigenvalue weighted by atomic mass is 19.4. The highest BCUT2D eigenvalue weighted by Crippen LogP contribution is 2.33. The molecule has 0 atom stereocenters. The van der Waals surface area contributed by atoms with E-state index >= 15 is 0 Å². The molecular weight excluding hydrogens is 501 g/mol. The van der Waals surface area contributed by atoms with E-state index in [2.05, 4.69) is 10.5 Å². The summed E-state index contributed by atoms with van der Waals surface area (Å²) in [5, 5.41) is 15.4. The first kappa shape index (κ1) is 26.5. The van der Waals surface area contributed by atoms with Crippen LogP contribution in [0.1, 0.15) is 22.4 Å². The lowest BCUT2D eigenvalue weighted by molar-refractivity contribution is -0.138. The Hall–Kier alpha value is -4.60. The number of carboxylic acids is 1. The Morgan fingerprint density at radius 1 is 0.947 bits per heavy atom. The molecule has 0 spiro atoms. The SMILES string of the molecule is Cc1noc(-c2ccc(-c3ccc(CC(=O)O)cc3)cc2)c1NC(=O)OCCc1ccccc1C(F)(F)F. The van der Waals surface area contributed by atoms with Gasteiger partial charge in [0.25, 0.3) is 0 Å². The predicted molar refractivity (Wildman–Crippen MR) is 134 cm³/mol. The van der Waals surface area contributed by atoms with E-state index in [0.29, 0.717) is 22.6 Å². The van der Waals surface area contributed by atoms with E-state index < -0.39 is 23.8 Å². The smallest absolute Gasteiger partial charge is 0.416 e. The van der Waals surface area contributed by atoms with E-state index in [1.807, 2.05) is 24.3 Å². The molecule has 4 rings (SSSR count). The number of nitrogens with zero attached hydrogens (tertiary/aromatic N) is 1. The molecule has 38 heavy (non-hydrogen) atoms. The van der Waals surface area contributed by atoms with Crippen LogP contribution < -0.4 is 5.32 Å². The fourth-order valence-corrected chi connectivity index (χ4v) is 3.92. The van der Waals surface area contributed by atoms with E-state index in [1.165, 1.54) is 18.2 Å². The van der Waals surface area contributed by atoms with Crippen molar-refractivity contribution in [3.63, 3.8) is 0 Å². The first-order valence-electron chi connectivity index (χ1n) is 11.6. The van der Waals surface area contributed by atoms with Gasteiger partial charge >= 0.3 is 18.2 Å². The summed E-state index contributed by atoms with van der Waals surface area (Å²) in [7, 11) is 0. The van der Waals surface area contributed by atoms with Crippen molar-refractivity contribution in [2.24, 2.45) is 0 Å². The monoisotopic (exact) mass is 524 g/mol. The number of anilines is 1. The number of carbonyl (C=O) groups is 2. The van der Waals surface area contributed by atoms with Gasteiger partial charge in [0, 0.05) is 12.0 Å². The number of hydrogen-bond acceptors (Lipinski definition) is 5. The van der Waals surface area contributed by atoms with E-state index in [0.717, 1.165) is 17.2 Å². The molecule has 0 saturated carbocycles. The minimum Gasteiger partial charge on any atom is -0.481 e. The molecule has 1 heterocycles. The van der Waals surface area contributed by atoms with Crippen LogP contribution in [0.25, 0.3) is 22.5 Å². The number of rotatable bonds is 8. The summed E-state index contributed by atoms with van der Waals surface area (Å²) in [6, 6.07) is 19.6. The molecule has 2 N–H and O–H groups in total. The maximum Gasteiger partial charge on any atom is 0.416 e. The van der Waals surface area contributed by atoms with Crippen molar-refractivity contribution in [3.05, 3.63) is 95.2 Å². The van der Waals surface area contributed by atoms with Crippen LogP contribution in [-0.2, 0) is 28.5 Å². The average Bonchev–Trinajstić information content (AvgIpc) is 3.23. The number of halogens is 3. The van der Waals surface area contributed by atoms with Crippen LogP contribution in [0.5, 0.6) is 0 Å². The molecule has 0 bridgehead atoms. The van der Waals surface area contributed by atoms with E-state index in [1.54, 1.807) is 31.2 Å². The Balaban J connectivity index is 1.41. The summed E-state index contributed by atoms with van der Waals surface area (Å²) < 4.78 is 50.0. The Kier molecular flexibility index (Phi) is 7.80. The number of carboxylic acid groups (broad SMARTS) is 1. The minimum atomic E-state index is -4.49. The number of nitrogens with one attached hydrogen (secondary N) is 1. The van der Waals surface area contributed by atoms with Gasteiger partial charge in [-0.15, -0.1) is 0 Å². The number of aliphatic carboxylic acids is 1. The van der Waals surface area contributed by atoms with Gasteiger partial charge in [-0.25, -0.2) is 4.79 Å². The van der Waals surface area contributed by atoms with Gasteiger partial charge in [0.1, 0.15) is 11.4 Å². The molecule has 7 nitrogen and oxygen atoms in total. The fraction of sp³-hybridized carbons (Fsp3) is 0.179. The van der Waals surface area contributed by atoms with Crippen LogP contribution in [0, 0.1) is 6.92 Å². The summed E-state index contributed by atoms with van der Waals surface area (Å²) in [5.41, 5.74) is 3.07. The van der Waals surface area contributed by atoms with Crippen LogP contribution in [0.4, 0.5) is 23.7 Å². The molecule has 10 heteroatoms. The Morgan fingerprint density at radius 2 is 1.55 bits per heavy atom. The first-order valence-corrected chi connectivity index (χ1v) is 11.6. The third-order valence-corrected chi connectivity index (χ3v) is 5.81. The molecule has 1 amide bonds. The maximum absolute atomic E-state index is 13.2. The van der Waals surface area contributed by atoms with Crippen molar-refractivity contribution in [2.75, 3.05) is 11.9 Å². The lowest BCUT2D eigenvalue weighted by Crippen LogP contribution is -2.17. The molecule has 0 aliphatic heterocycles. The molecular formula is C28H23F3N2O5. The van der Waals surface area contributed by atoms with Gasteiger partial charge in [-0.3, -0.25) is 10.1 Å². The molecule has 3 aromatic carbocycles. The fourth-order valence-electron chi connectivity index (χ4n) is 3.92. The highest BCUT2D eigenvalue weighted by Gasteiger charge is 2.32. The summed E-state index contributed by atoms with van der Waals surface area (Å²) in [4.78, 5) is 23.3. The first-order chi connectivity index (χ1) is 18.1. The normalized spacial score (nSPS) is 11.3. The van der Waals surface area contributed by atoms with Gasteiger partial charge in [-0.1, -0.05) is 71.9 Å². The largest absolute Gasteiger partial charge is 0.481 e. The standard InChI is InChI=1S/C28H23F3N2O5/c1-17-25(32-27(36)37-15-14-21-4-2-3-5-23(21)28(29,30)31)26(38-33-17)22-12-10-20(11-13-22)19-8-6-18(7-9-19)16-24(34)35/h2-13H,14-16H2,1H3,(H,32,36)(H,34,35). The van der Waals surface area contributed by atoms with Gasteiger partial charge in [0.2, 0.25) is 0 Å². The second kappa shape index (κ2) is 11.2. The molecule has 4 aromatic rings. The number of carbonyl (C=O) groups excluding carboxylic acids is 1. The Labute approximate surface area is 215 Å². The summed E-state index contributed by atoms with van der Waals surface area (Å²) in [6.45, 7) is 1.38. The maximum atomic E-state index is 13.2. The zero-order chi connectivity index (χ0) is 27.3. The van der Waals surface area contributed by atoms with Crippen molar-refractivity contribution in [1.82, 2.24) is 5.16 Å². The molecule has 0 fully saturated rings. The van der Waals surface area contributed by atoms with Crippen molar-refractivity contribution in [1.29, 1.82) is 0 Å². The van der Waals surface area contributed by atoms with E-state index in [4.69, 9.17) is 14.4 Å². The van der Waals surface area contributed by atoms with Crippen molar-refractivity contribution >= 4 is 17.7 Å². The molecule has 0 aliphatic rings. The van der Waals surface area contributed by atoms with Gasteiger partial charge in [-0.2, -0.15) is 13.2 Å². The predicted octanol–water partition coefficient (Wildman–Crippen LogP) is 6.75. The van der Waals surface area contributed by atoms with Gasteiger partial charge in [-0.05, 0) is 35.2 Å². The Bertz CT molecular complexity index is 1430. The summed E-state index contributed by atoms with van der Waals surface area (Å²) in [6.07, 6.45) is -5.49. The lowest BCUT2D eigenvalue weighted by Gasteiger charge is -2.13. The third kappa shape index (κ3) is 6.39. The Morgan fingerprint density at radius 3 is 2.18 bits per heavy atom. The second-order valence-corrected chi connectivity index (χ2v) is 8.48. The zero-order valence-electron chi connectivity index (χ0n) is 20.2. The number of hydrogen-bond donors (Lipinski definition) is 2. The number of ether oxygens (including phenoxy) is 1. The van der Waals surface area contributed by atoms with Gasteiger partial charge in [0.05, 0.1) is 18.6 Å². The van der Waals surface area contributed by atoms with Gasteiger partial charge in [0.15, 0.2) is 5.76 Å². The van der Waals surface area contributed by atoms with Crippen molar-refractivity contribution in [3.8, 4) is 22.5 Å². The highest BCUT2D eigenvalue weighted by molar-refractivity contribution is 5.91. The zero-order valence-corrected chi connectivity index (χ0v) is 20.2. The number of benzene rings is 3. The van der Waals surface area contributed by atoms with E-state index in [-0.39, 0.29) is 30.7 Å². The lowest BCUT2D eigenvalue weighted by atomic mass is 10.0. The summed E-state index contributed by atoms with van der Waals surface area (Å²) >= 11 is 0. The van der Waals surface area contributed by atoms with Crippen molar-refractivity contribution in [2.45, 2.75) is 25.9 Å². The topological polar surface area (TPSA) is 102 Å². The van der Waals surface area contributed by atoms with Gasteiger partial charge < -0.3 is 14.4 Å². The van der Waals surface area contributed by atoms with Crippen LogP contribution in [0.15, 0.2) is 77.3 Å². The summed E-state index contributed by atoms with van der Waals surface area (Å²) in [5.74, 6) is -0.602. The molecule has 0 unspecified atom stereocenters. The second-order valence-electron chi connectivity index (χ2n) is 8.48. The molecule has 0 saturated heterocycles. The number of alkyl halides is 3. The number of amides is 1. The minimum absolute atomic E-state index is 0.0336. The van der Waals surface area contributed by atoms with Crippen LogP contribution in [0.3, 0.4) is 0 Å². The average molecular weight is 524 g/mol. The van der Waals surface area contributed by atoms with E-state index in [9.17, 15) is 22.8 Å². The quantitative estimate of drug-likeness (QED) is 0.264. The van der Waals surface area contributed by atoms with Crippen molar-refractivity contribution < 1.29 is 37.1 Å². The third-order valence-electron chi connectivity index (χ3n) is 5.81. The van der Waals surface area contributed by atoms with Crippen LogP contribution in [-0.4, -0.2) is 28.9 Å². The number of aryl methyl sites for hydroxylation is 1. The number of aromatic nitrogens is 1. The molecule has 1 aromatic heterocycles. The molecule has 0 aliphatic carbocycles. The van der Waals surface area contributed by atoms with Crippen LogP contribution >= 0.6 is 0 Å². The molecule has 196 valence electrons.